The monoisotopic (exact) mass is 359 g/mol. The lowest BCUT2D eigenvalue weighted by Gasteiger charge is -2.11. The Kier molecular flexibility index (Phi) is 6.72. The zero-order valence-electron chi connectivity index (χ0n) is 14.8. The Morgan fingerprint density at radius 3 is 2.65 bits per heavy atom. The Labute approximate surface area is 151 Å². The number of ether oxygens (including phenoxy) is 1. The van der Waals surface area contributed by atoms with Gasteiger partial charge >= 0.3 is 12.1 Å². The number of carbonyl (C=O) groups excluding carboxylic acids is 1. The number of amides is 1. The molecule has 0 bridgehead atoms. The number of hydrogen-bond acceptors (Lipinski definition) is 3. The van der Waals surface area contributed by atoms with E-state index >= 15 is 0 Å². The smallest absolute Gasteiger partial charge is 0.412 e. The second-order valence-corrected chi connectivity index (χ2v) is 6.00. The predicted octanol–water partition coefficient (Wildman–Crippen LogP) is 4.57. The van der Waals surface area contributed by atoms with E-state index in [1.54, 1.807) is 30.3 Å². The molecule has 2 aromatic carbocycles. The molecule has 0 spiro atoms. The van der Waals surface area contributed by atoms with Crippen LogP contribution >= 0.6 is 0 Å². The third-order valence-corrected chi connectivity index (χ3v) is 4.02. The average Bonchev–Trinajstić information content (AvgIpc) is 2.61. The maximum Gasteiger partial charge on any atom is 0.412 e. The van der Waals surface area contributed by atoms with Gasteiger partial charge in [0.25, 0.3) is 0 Å². The van der Waals surface area contributed by atoms with E-state index in [2.05, 4.69) is 5.32 Å². The van der Waals surface area contributed by atoms with E-state index < -0.39 is 23.8 Å². The number of aliphatic carboxylic acids is 1. The highest BCUT2D eigenvalue weighted by molar-refractivity contribution is 5.76. The maximum atomic E-state index is 14.4. The van der Waals surface area contributed by atoms with Gasteiger partial charge in [-0.25, -0.2) is 9.18 Å². The fourth-order valence-electron chi connectivity index (χ4n) is 2.41. The van der Waals surface area contributed by atoms with Crippen molar-refractivity contribution in [2.45, 2.75) is 32.6 Å². The topological polar surface area (TPSA) is 75.6 Å². The lowest BCUT2D eigenvalue weighted by molar-refractivity contribution is -0.138. The first-order valence-corrected chi connectivity index (χ1v) is 8.50. The molecule has 138 valence electrons. The number of carbonyl (C=O) groups is 2. The first-order chi connectivity index (χ1) is 12.4. The minimum Gasteiger partial charge on any atom is -0.481 e. The minimum atomic E-state index is -1.01. The lowest BCUT2D eigenvalue weighted by atomic mass is 9.97. The molecule has 5 nitrogen and oxygen atoms in total. The highest BCUT2D eigenvalue weighted by atomic mass is 19.1. The summed E-state index contributed by atoms with van der Waals surface area (Å²) in [6.07, 6.45) is 1.27. The van der Waals surface area contributed by atoms with Gasteiger partial charge in [0.15, 0.2) is 0 Å². The molecule has 0 fully saturated rings. The van der Waals surface area contributed by atoms with Crippen LogP contribution in [-0.2, 0) is 4.79 Å². The molecule has 0 aliphatic heterocycles. The van der Waals surface area contributed by atoms with Crippen molar-refractivity contribution in [2.24, 2.45) is 0 Å². The molecule has 0 aliphatic carbocycles. The SMILES string of the molecule is CCCCNC(=O)Oc1cccc(-c2ccc(C(C)C(=O)O)cc2F)c1. The van der Waals surface area contributed by atoms with Crippen molar-refractivity contribution in [1.29, 1.82) is 0 Å². The number of benzene rings is 2. The number of rotatable bonds is 7. The Bertz CT molecular complexity index is 791. The van der Waals surface area contributed by atoms with Crippen molar-refractivity contribution < 1.29 is 23.8 Å². The van der Waals surface area contributed by atoms with Crippen molar-refractivity contribution in [1.82, 2.24) is 5.32 Å². The largest absolute Gasteiger partial charge is 0.481 e. The van der Waals surface area contributed by atoms with Crippen LogP contribution in [0.25, 0.3) is 11.1 Å². The Balaban J connectivity index is 2.17. The fourth-order valence-corrected chi connectivity index (χ4v) is 2.41. The second-order valence-electron chi connectivity index (χ2n) is 6.00. The van der Waals surface area contributed by atoms with Gasteiger partial charge in [-0.15, -0.1) is 0 Å². The normalized spacial score (nSPS) is 11.7. The molecule has 0 saturated carbocycles. The summed E-state index contributed by atoms with van der Waals surface area (Å²) >= 11 is 0. The molecule has 1 atom stereocenters. The molecule has 2 N–H and O–H groups in total. The summed E-state index contributed by atoms with van der Waals surface area (Å²) in [5, 5.41) is 11.7. The number of hydrogen-bond donors (Lipinski definition) is 2. The van der Waals surface area contributed by atoms with E-state index in [1.807, 2.05) is 6.92 Å². The van der Waals surface area contributed by atoms with Crippen LogP contribution in [-0.4, -0.2) is 23.7 Å². The minimum absolute atomic E-state index is 0.305. The molecule has 0 radical (unpaired) electrons. The molecule has 2 rings (SSSR count). The van der Waals surface area contributed by atoms with Gasteiger partial charge in [-0.2, -0.15) is 0 Å². The Morgan fingerprint density at radius 2 is 2.00 bits per heavy atom. The first-order valence-electron chi connectivity index (χ1n) is 8.50. The molecule has 1 amide bonds. The molecule has 0 heterocycles. The number of unbranched alkanes of at least 4 members (excludes halogenated alkanes) is 1. The summed E-state index contributed by atoms with van der Waals surface area (Å²) < 4.78 is 19.7. The highest BCUT2D eigenvalue weighted by Gasteiger charge is 2.16. The van der Waals surface area contributed by atoms with Gasteiger partial charge in [-0.3, -0.25) is 4.79 Å². The van der Waals surface area contributed by atoms with Gasteiger partial charge in [-0.1, -0.05) is 37.6 Å². The lowest BCUT2D eigenvalue weighted by Crippen LogP contribution is -2.27. The molecule has 2 aromatic rings. The average molecular weight is 359 g/mol. The zero-order valence-corrected chi connectivity index (χ0v) is 14.8. The van der Waals surface area contributed by atoms with Crippen molar-refractivity contribution in [3.8, 4) is 16.9 Å². The van der Waals surface area contributed by atoms with Crippen molar-refractivity contribution in [2.75, 3.05) is 6.54 Å². The van der Waals surface area contributed by atoms with Crippen LogP contribution in [0.4, 0.5) is 9.18 Å². The third kappa shape index (κ3) is 5.05. The molecular weight excluding hydrogens is 337 g/mol. The van der Waals surface area contributed by atoms with Crippen molar-refractivity contribution >= 4 is 12.1 Å². The number of halogens is 1. The molecule has 6 heteroatoms. The summed E-state index contributed by atoms with van der Waals surface area (Å²) in [4.78, 5) is 22.8. The van der Waals surface area contributed by atoms with Crippen molar-refractivity contribution in [3.05, 3.63) is 53.8 Å². The van der Waals surface area contributed by atoms with Gasteiger partial charge in [0.2, 0.25) is 0 Å². The summed E-state index contributed by atoms with van der Waals surface area (Å²) in [5.74, 6) is -2.03. The van der Waals surface area contributed by atoms with Crippen LogP contribution in [0.5, 0.6) is 5.75 Å². The zero-order chi connectivity index (χ0) is 19.1. The molecule has 0 aromatic heterocycles. The number of nitrogens with one attached hydrogen (secondary N) is 1. The van der Waals surface area contributed by atoms with Crippen LogP contribution in [0.3, 0.4) is 0 Å². The summed E-state index contributed by atoms with van der Waals surface area (Å²) in [7, 11) is 0. The fraction of sp³-hybridized carbons (Fsp3) is 0.300. The summed E-state index contributed by atoms with van der Waals surface area (Å²) in [6, 6.07) is 10.9. The quantitative estimate of drug-likeness (QED) is 0.710. The van der Waals surface area contributed by atoms with Gasteiger partial charge in [-0.05, 0) is 42.7 Å². The summed E-state index contributed by atoms with van der Waals surface area (Å²) in [5.41, 5.74) is 1.24. The van der Waals surface area contributed by atoms with E-state index in [0.717, 1.165) is 12.8 Å². The van der Waals surface area contributed by atoms with Crippen LogP contribution < -0.4 is 10.1 Å². The Morgan fingerprint density at radius 1 is 1.23 bits per heavy atom. The van der Waals surface area contributed by atoms with E-state index in [0.29, 0.717) is 29.0 Å². The molecule has 1 unspecified atom stereocenters. The molecule has 26 heavy (non-hydrogen) atoms. The van der Waals surface area contributed by atoms with Gasteiger partial charge in [0, 0.05) is 12.1 Å². The molecule has 0 saturated heterocycles. The standard InChI is InChI=1S/C20H22FNO4/c1-3-4-10-22-20(25)26-16-7-5-6-15(11-16)17-9-8-14(12-18(17)21)13(2)19(23)24/h5-9,11-13H,3-4,10H2,1-2H3,(H,22,25)(H,23,24). The van der Waals surface area contributed by atoms with Gasteiger partial charge in [0.05, 0.1) is 5.92 Å². The highest BCUT2D eigenvalue weighted by Crippen LogP contribution is 2.29. The predicted molar refractivity (Wildman–Crippen MR) is 96.8 cm³/mol. The number of carboxylic acids is 1. The van der Waals surface area contributed by atoms with Crippen LogP contribution in [0.2, 0.25) is 0 Å². The van der Waals surface area contributed by atoms with Crippen LogP contribution in [0.1, 0.15) is 38.2 Å². The van der Waals surface area contributed by atoms with E-state index in [4.69, 9.17) is 9.84 Å². The third-order valence-electron chi connectivity index (χ3n) is 4.02. The van der Waals surface area contributed by atoms with E-state index in [-0.39, 0.29) is 0 Å². The van der Waals surface area contributed by atoms with E-state index in [1.165, 1.54) is 19.1 Å². The second kappa shape index (κ2) is 8.99. The molecule has 0 aliphatic rings. The summed E-state index contributed by atoms with van der Waals surface area (Å²) in [6.45, 7) is 4.06. The molecular formula is C20H22FNO4. The first kappa shape index (κ1) is 19.4. The Hall–Kier alpha value is -2.89. The maximum absolute atomic E-state index is 14.4. The van der Waals surface area contributed by atoms with Gasteiger partial charge in [0.1, 0.15) is 11.6 Å². The van der Waals surface area contributed by atoms with E-state index in [9.17, 15) is 14.0 Å². The van der Waals surface area contributed by atoms with Gasteiger partial charge < -0.3 is 15.2 Å². The van der Waals surface area contributed by atoms with Crippen LogP contribution in [0.15, 0.2) is 42.5 Å². The number of carboxylic acid groups (broad SMARTS) is 1. The van der Waals surface area contributed by atoms with Crippen molar-refractivity contribution in [3.63, 3.8) is 0 Å². The van der Waals surface area contributed by atoms with Crippen LogP contribution in [0, 0.1) is 5.82 Å².